The number of ether oxygens (including phenoxy) is 1. The Morgan fingerprint density at radius 1 is 1.03 bits per heavy atom. The van der Waals surface area contributed by atoms with Crippen LogP contribution in [-0.4, -0.2) is 28.8 Å². The van der Waals surface area contributed by atoms with Gasteiger partial charge in [0.15, 0.2) is 5.78 Å². The summed E-state index contributed by atoms with van der Waals surface area (Å²) >= 11 is 0. The SMILES string of the molecule is COc1ccc(CNC(=O)c2cc(Nc3cccc(C(C)=O)c3)nc(C)n2)cc1. The molecule has 0 saturated carbocycles. The molecule has 0 spiro atoms. The van der Waals surface area contributed by atoms with Crippen LogP contribution < -0.4 is 15.4 Å². The lowest BCUT2D eigenvalue weighted by atomic mass is 10.1. The van der Waals surface area contributed by atoms with Gasteiger partial charge >= 0.3 is 0 Å². The first-order chi connectivity index (χ1) is 13.9. The lowest BCUT2D eigenvalue weighted by Crippen LogP contribution is -2.24. The van der Waals surface area contributed by atoms with Gasteiger partial charge in [0.2, 0.25) is 0 Å². The summed E-state index contributed by atoms with van der Waals surface area (Å²) in [5.74, 6) is 1.38. The zero-order valence-electron chi connectivity index (χ0n) is 16.5. The lowest BCUT2D eigenvalue weighted by molar-refractivity contribution is 0.0944. The van der Waals surface area contributed by atoms with E-state index in [2.05, 4.69) is 20.6 Å². The van der Waals surface area contributed by atoms with Crippen LogP contribution in [0.5, 0.6) is 5.75 Å². The van der Waals surface area contributed by atoms with Gasteiger partial charge in [0.1, 0.15) is 23.1 Å². The number of rotatable bonds is 7. The van der Waals surface area contributed by atoms with Gasteiger partial charge in [0.25, 0.3) is 5.91 Å². The van der Waals surface area contributed by atoms with Gasteiger partial charge in [-0.2, -0.15) is 0 Å². The maximum Gasteiger partial charge on any atom is 0.270 e. The van der Waals surface area contributed by atoms with E-state index < -0.39 is 0 Å². The number of aromatic nitrogens is 2. The van der Waals surface area contributed by atoms with E-state index in [1.54, 1.807) is 38.3 Å². The molecule has 0 bridgehead atoms. The van der Waals surface area contributed by atoms with Crippen LogP contribution in [0.1, 0.15) is 39.2 Å². The number of amides is 1. The van der Waals surface area contributed by atoms with E-state index in [0.717, 1.165) is 11.3 Å². The van der Waals surface area contributed by atoms with E-state index in [1.165, 1.54) is 6.92 Å². The second-order valence-corrected chi connectivity index (χ2v) is 6.48. The third kappa shape index (κ3) is 5.38. The third-order valence-electron chi connectivity index (χ3n) is 4.22. The first-order valence-electron chi connectivity index (χ1n) is 9.09. The van der Waals surface area contributed by atoms with Gasteiger partial charge in [-0.1, -0.05) is 24.3 Å². The van der Waals surface area contributed by atoms with Crippen molar-refractivity contribution in [3.05, 3.63) is 77.2 Å². The summed E-state index contributed by atoms with van der Waals surface area (Å²) in [5.41, 5.74) is 2.51. The molecule has 3 aromatic rings. The molecule has 0 aliphatic carbocycles. The normalized spacial score (nSPS) is 10.3. The largest absolute Gasteiger partial charge is 0.497 e. The van der Waals surface area contributed by atoms with E-state index in [4.69, 9.17) is 4.74 Å². The predicted octanol–water partition coefficient (Wildman–Crippen LogP) is 3.67. The number of hydrogen-bond acceptors (Lipinski definition) is 6. The Balaban J connectivity index is 1.71. The second kappa shape index (κ2) is 8.97. The van der Waals surface area contributed by atoms with Crippen molar-refractivity contribution in [1.29, 1.82) is 0 Å². The summed E-state index contributed by atoms with van der Waals surface area (Å²) in [7, 11) is 1.61. The molecule has 0 fully saturated rings. The molecule has 1 heterocycles. The Hall–Kier alpha value is -3.74. The van der Waals surface area contributed by atoms with Crippen molar-refractivity contribution < 1.29 is 14.3 Å². The predicted molar refractivity (Wildman–Crippen MR) is 111 cm³/mol. The van der Waals surface area contributed by atoms with Crippen molar-refractivity contribution in [2.24, 2.45) is 0 Å². The Morgan fingerprint density at radius 2 is 1.79 bits per heavy atom. The van der Waals surface area contributed by atoms with E-state index in [1.807, 2.05) is 30.3 Å². The average Bonchev–Trinajstić information content (AvgIpc) is 2.72. The lowest BCUT2D eigenvalue weighted by Gasteiger charge is -2.10. The number of carbonyl (C=O) groups is 2. The molecule has 0 radical (unpaired) electrons. The number of aryl methyl sites for hydroxylation is 1. The average molecular weight is 390 g/mol. The highest BCUT2D eigenvalue weighted by Crippen LogP contribution is 2.18. The fourth-order valence-electron chi connectivity index (χ4n) is 2.73. The molecule has 2 N–H and O–H groups in total. The van der Waals surface area contributed by atoms with Crippen molar-refractivity contribution in [3.63, 3.8) is 0 Å². The van der Waals surface area contributed by atoms with E-state index >= 15 is 0 Å². The van der Waals surface area contributed by atoms with Crippen molar-refractivity contribution in [2.75, 3.05) is 12.4 Å². The Kier molecular flexibility index (Phi) is 6.19. The Morgan fingerprint density at radius 3 is 2.48 bits per heavy atom. The van der Waals surface area contributed by atoms with Crippen LogP contribution in [0.25, 0.3) is 0 Å². The molecule has 148 valence electrons. The third-order valence-corrected chi connectivity index (χ3v) is 4.22. The van der Waals surface area contributed by atoms with Gasteiger partial charge in [-0.25, -0.2) is 9.97 Å². The first-order valence-corrected chi connectivity index (χ1v) is 9.09. The molecule has 1 aromatic heterocycles. The maximum absolute atomic E-state index is 12.5. The molecule has 1 amide bonds. The van der Waals surface area contributed by atoms with Crippen LogP contribution in [0.2, 0.25) is 0 Å². The zero-order chi connectivity index (χ0) is 20.8. The summed E-state index contributed by atoms with van der Waals surface area (Å²) < 4.78 is 5.13. The minimum atomic E-state index is -0.299. The Labute approximate surface area is 169 Å². The van der Waals surface area contributed by atoms with Crippen LogP contribution in [0.15, 0.2) is 54.6 Å². The summed E-state index contributed by atoms with van der Waals surface area (Å²) in [6.07, 6.45) is 0. The van der Waals surface area contributed by atoms with Gasteiger partial charge in [-0.3, -0.25) is 9.59 Å². The molecule has 0 unspecified atom stereocenters. The molecular weight excluding hydrogens is 368 g/mol. The fourth-order valence-corrected chi connectivity index (χ4v) is 2.73. The maximum atomic E-state index is 12.5. The second-order valence-electron chi connectivity index (χ2n) is 6.48. The molecular formula is C22H22N4O3. The van der Waals surface area contributed by atoms with Gasteiger partial charge < -0.3 is 15.4 Å². The van der Waals surface area contributed by atoms with Gasteiger partial charge in [-0.05, 0) is 43.7 Å². The minimum absolute atomic E-state index is 0.0221. The van der Waals surface area contributed by atoms with Crippen molar-refractivity contribution in [3.8, 4) is 5.75 Å². The van der Waals surface area contributed by atoms with Gasteiger partial charge in [0, 0.05) is 23.9 Å². The van der Waals surface area contributed by atoms with Crippen molar-refractivity contribution in [1.82, 2.24) is 15.3 Å². The molecule has 2 aromatic carbocycles. The summed E-state index contributed by atoms with van der Waals surface area (Å²) in [4.78, 5) is 32.6. The molecule has 0 aliphatic heterocycles. The number of hydrogen-bond donors (Lipinski definition) is 2. The first kappa shape index (κ1) is 20.0. The molecule has 7 heteroatoms. The summed E-state index contributed by atoms with van der Waals surface area (Å²) in [6.45, 7) is 3.60. The van der Waals surface area contributed by atoms with Gasteiger partial charge in [0.05, 0.1) is 7.11 Å². The van der Waals surface area contributed by atoms with Crippen LogP contribution in [0, 0.1) is 6.92 Å². The number of anilines is 2. The fraction of sp³-hybridized carbons (Fsp3) is 0.182. The number of methoxy groups -OCH3 is 1. The zero-order valence-corrected chi connectivity index (χ0v) is 16.5. The summed E-state index contributed by atoms with van der Waals surface area (Å²) in [6, 6.07) is 16.1. The van der Waals surface area contributed by atoms with E-state index in [9.17, 15) is 9.59 Å². The molecule has 7 nitrogen and oxygen atoms in total. The number of benzene rings is 2. The molecule has 0 aliphatic rings. The molecule has 3 rings (SSSR count). The van der Waals surface area contributed by atoms with Crippen LogP contribution in [0.4, 0.5) is 11.5 Å². The monoisotopic (exact) mass is 390 g/mol. The number of Topliss-reactive ketones (excluding diaryl/α,β-unsaturated/α-hetero) is 1. The standard InChI is InChI=1S/C22H22N4O3/c1-14(27)17-5-4-6-18(11-17)26-21-12-20(24-15(2)25-21)22(28)23-13-16-7-9-19(29-3)10-8-16/h4-12H,13H2,1-3H3,(H,23,28)(H,24,25,26). The quantitative estimate of drug-likeness (QED) is 0.598. The van der Waals surface area contributed by atoms with Crippen molar-refractivity contribution in [2.45, 2.75) is 20.4 Å². The topological polar surface area (TPSA) is 93.2 Å². The summed E-state index contributed by atoms with van der Waals surface area (Å²) in [5, 5.41) is 5.98. The molecule has 29 heavy (non-hydrogen) atoms. The molecule has 0 saturated heterocycles. The number of ketones is 1. The molecule has 0 atom stereocenters. The highest BCUT2D eigenvalue weighted by atomic mass is 16.5. The smallest absolute Gasteiger partial charge is 0.270 e. The van der Waals surface area contributed by atoms with Crippen molar-refractivity contribution >= 4 is 23.2 Å². The number of nitrogens with one attached hydrogen (secondary N) is 2. The minimum Gasteiger partial charge on any atom is -0.497 e. The van der Waals surface area contributed by atoms with Crippen LogP contribution in [-0.2, 0) is 6.54 Å². The van der Waals surface area contributed by atoms with Crippen LogP contribution >= 0.6 is 0 Å². The Bertz CT molecular complexity index is 1030. The van der Waals surface area contributed by atoms with Crippen LogP contribution in [0.3, 0.4) is 0 Å². The number of nitrogens with zero attached hydrogens (tertiary/aromatic N) is 2. The highest BCUT2D eigenvalue weighted by molar-refractivity contribution is 5.95. The van der Waals surface area contributed by atoms with Gasteiger partial charge in [-0.15, -0.1) is 0 Å². The number of carbonyl (C=O) groups excluding carboxylic acids is 2. The van der Waals surface area contributed by atoms with E-state index in [-0.39, 0.29) is 17.4 Å². The van der Waals surface area contributed by atoms with E-state index in [0.29, 0.717) is 29.4 Å². The highest BCUT2D eigenvalue weighted by Gasteiger charge is 2.11.